The van der Waals surface area contributed by atoms with Crippen molar-refractivity contribution in [1.82, 2.24) is 4.90 Å². The third-order valence-electron chi connectivity index (χ3n) is 8.67. The Labute approximate surface area is 253 Å². The molecule has 1 heterocycles. The van der Waals surface area contributed by atoms with Gasteiger partial charge in [-0.25, -0.2) is 0 Å². The smallest absolute Gasteiger partial charge is 0.254 e. The molecule has 0 saturated carbocycles. The summed E-state index contributed by atoms with van der Waals surface area (Å²) in [5, 5.41) is 4.78. The van der Waals surface area contributed by atoms with Crippen LogP contribution in [0.15, 0.2) is 133 Å². The zero-order valence-electron chi connectivity index (χ0n) is 24.2. The van der Waals surface area contributed by atoms with Crippen molar-refractivity contribution in [2.45, 2.75) is 31.8 Å². The van der Waals surface area contributed by atoms with E-state index in [2.05, 4.69) is 109 Å². The zero-order chi connectivity index (χ0) is 29.2. The van der Waals surface area contributed by atoms with E-state index >= 15 is 0 Å². The molecule has 1 aliphatic heterocycles. The number of benzene rings is 6. The summed E-state index contributed by atoms with van der Waals surface area (Å²) in [7, 11) is -2.62. The summed E-state index contributed by atoms with van der Waals surface area (Å²) in [5.74, 6) is 0.1000. The Morgan fingerprint density at radius 1 is 0.558 bits per heavy atom. The number of amides is 1. The SMILES string of the molecule is O=C1c2ccccc2CN1Cc1ccc(CCP(=O)(Cc2ccc3ccccc3c2)Cc2ccc3ccccc3c2)cc1. The minimum absolute atomic E-state index is 0.1000. The number of nitrogens with zero attached hydrogens (tertiary/aromatic N) is 1. The van der Waals surface area contributed by atoms with Crippen LogP contribution < -0.4 is 0 Å². The molecule has 43 heavy (non-hydrogen) atoms. The Kier molecular flexibility index (Phi) is 7.43. The number of fused-ring (bicyclic) bond motifs is 3. The summed E-state index contributed by atoms with van der Waals surface area (Å²) in [6.07, 6.45) is 2.57. The average molecular weight is 580 g/mol. The third kappa shape index (κ3) is 6.05. The number of hydrogen-bond donors (Lipinski definition) is 0. The van der Waals surface area contributed by atoms with Gasteiger partial charge in [0.1, 0.15) is 0 Å². The van der Waals surface area contributed by atoms with Gasteiger partial charge >= 0.3 is 0 Å². The van der Waals surface area contributed by atoms with Crippen molar-refractivity contribution in [2.75, 3.05) is 6.16 Å². The van der Waals surface area contributed by atoms with Crippen molar-refractivity contribution < 1.29 is 9.36 Å². The van der Waals surface area contributed by atoms with E-state index in [9.17, 15) is 9.36 Å². The van der Waals surface area contributed by atoms with Gasteiger partial charge in [0.05, 0.1) is 7.14 Å². The van der Waals surface area contributed by atoms with E-state index in [1.165, 1.54) is 27.1 Å². The second-order valence-electron chi connectivity index (χ2n) is 11.8. The third-order valence-corrected chi connectivity index (χ3v) is 11.6. The molecule has 7 rings (SSSR count). The molecule has 0 aliphatic carbocycles. The monoisotopic (exact) mass is 579 g/mol. The fourth-order valence-corrected chi connectivity index (χ4v) is 9.18. The van der Waals surface area contributed by atoms with Crippen LogP contribution in [-0.4, -0.2) is 17.0 Å². The van der Waals surface area contributed by atoms with Crippen LogP contribution in [0.1, 0.15) is 38.2 Å². The van der Waals surface area contributed by atoms with Crippen molar-refractivity contribution in [2.24, 2.45) is 0 Å². The first kappa shape index (κ1) is 27.4. The highest BCUT2D eigenvalue weighted by Crippen LogP contribution is 2.53. The fraction of sp³-hybridized carbons (Fsp3) is 0.154. The number of rotatable bonds is 9. The van der Waals surface area contributed by atoms with Gasteiger partial charge in [0.2, 0.25) is 0 Å². The average Bonchev–Trinajstić information content (AvgIpc) is 3.35. The maximum Gasteiger partial charge on any atom is 0.254 e. The summed E-state index contributed by atoms with van der Waals surface area (Å²) >= 11 is 0. The molecule has 6 aromatic rings. The Bertz CT molecular complexity index is 1910. The van der Waals surface area contributed by atoms with E-state index in [0.717, 1.165) is 34.2 Å². The minimum Gasteiger partial charge on any atom is -0.330 e. The Morgan fingerprint density at radius 3 is 1.67 bits per heavy atom. The van der Waals surface area contributed by atoms with Crippen LogP contribution in [0, 0.1) is 0 Å². The lowest BCUT2D eigenvalue weighted by molar-refractivity contribution is 0.0766. The van der Waals surface area contributed by atoms with Crippen LogP contribution in [-0.2, 0) is 36.4 Å². The summed E-state index contributed by atoms with van der Waals surface area (Å²) in [5.41, 5.74) is 6.46. The van der Waals surface area contributed by atoms with Crippen LogP contribution in [0.2, 0.25) is 0 Å². The van der Waals surface area contributed by atoms with Crippen LogP contribution in [0.3, 0.4) is 0 Å². The molecule has 3 nitrogen and oxygen atoms in total. The molecule has 0 bridgehead atoms. The van der Waals surface area contributed by atoms with Crippen LogP contribution in [0.4, 0.5) is 0 Å². The quantitative estimate of drug-likeness (QED) is 0.160. The molecule has 0 radical (unpaired) electrons. The molecular formula is C39H34NO2P. The molecule has 0 fully saturated rings. The summed E-state index contributed by atoms with van der Waals surface area (Å²) < 4.78 is 14.8. The number of hydrogen-bond acceptors (Lipinski definition) is 2. The molecule has 0 aromatic heterocycles. The predicted molar refractivity (Wildman–Crippen MR) is 178 cm³/mol. The fourth-order valence-electron chi connectivity index (χ4n) is 6.36. The molecule has 1 amide bonds. The number of carbonyl (C=O) groups is 1. The van der Waals surface area contributed by atoms with E-state index in [1.807, 2.05) is 29.2 Å². The zero-order valence-corrected chi connectivity index (χ0v) is 25.0. The topological polar surface area (TPSA) is 37.4 Å². The first-order chi connectivity index (χ1) is 21.0. The summed E-state index contributed by atoms with van der Waals surface area (Å²) in [6, 6.07) is 46.1. The first-order valence-electron chi connectivity index (χ1n) is 15.0. The normalized spacial score (nSPS) is 13.1. The van der Waals surface area contributed by atoms with Crippen molar-refractivity contribution in [3.8, 4) is 0 Å². The number of aryl methyl sites for hydroxylation is 1. The summed E-state index contributed by atoms with van der Waals surface area (Å²) in [4.78, 5) is 14.7. The standard InChI is InChI=1S/C39H34NO2P/c41-39-38-12-6-5-11-37(38)26-40(39)25-30-15-13-29(14-16-30)21-22-43(42,27-31-17-19-33-7-1-3-9-35(33)23-31)28-32-18-20-34-8-2-4-10-36(34)24-32/h1-20,23-24H,21-22,25-28H2. The minimum atomic E-state index is -2.62. The highest BCUT2D eigenvalue weighted by atomic mass is 31.2. The molecule has 4 heteroatoms. The molecule has 212 valence electrons. The Balaban J connectivity index is 1.09. The van der Waals surface area contributed by atoms with Gasteiger partial charge in [-0.1, -0.05) is 127 Å². The lowest BCUT2D eigenvalue weighted by Crippen LogP contribution is -2.23. The van der Waals surface area contributed by atoms with E-state index in [0.29, 0.717) is 31.6 Å². The van der Waals surface area contributed by atoms with Gasteiger partial charge in [0, 0.05) is 37.1 Å². The molecule has 1 aliphatic rings. The van der Waals surface area contributed by atoms with Gasteiger partial charge in [0.25, 0.3) is 5.91 Å². The van der Waals surface area contributed by atoms with Gasteiger partial charge in [0.15, 0.2) is 0 Å². The highest BCUT2D eigenvalue weighted by molar-refractivity contribution is 7.62. The van der Waals surface area contributed by atoms with Crippen molar-refractivity contribution in [3.05, 3.63) is 167 Å². The van der Waals surface area contributed by atoms with Crippen LogP contribution in [0.5, 0.6) is 0 Å². The molecule has 0 N–H and O–H groups in total. The second kappa shape index (κ2) is 11.7. The molecule has 0 unspecified atom stereocenters. The van der Waals surface area contributed by atoms with Gasteiger partial charge < -0.3 is 9.46 Å². The van der Waals surface area contributed by atoms with E-state index in [1.54, 1.807) is 0 Å². The Hall–Kier alpha value is -4.46. The highest BCUT2D eigenvalue weighted by Gasteiger charge is 2.27. The van der Waals surface area contributed by atoms with Gasteiger partial charge in [-0.05, 0) is 61.8 Å². The lowest BCUT2D eigenvalue weighted by atomic mass is 10.1. The molecule has 6 aromatic carbocycles. The number of carbonyl (C=O) groups excluding carboxylic acids is 1. The predicted octanol–water partition coefficient (Wildman–Crippen LogP) is 9.45. The molecular weight excluding hydrogens is 545 g/mol. The largest absolute Gasteiger partial charge is 0.330 e. The first-order valence-corrected chi connectivity index (χ1v) is 17.3. The van der Waals surface area contributed by atoms with E-state index < -0.39 is 7.14 Å². The van der Waals surface area contributed by atoms with Crippen molar-refractivity contribution >= 4 is 34.6 Å². The maximum atomic E-state index is 14.8. The Morgan fingerprint density at radius 2 is 1.07 bits per heavy atom. The van der Waals surface area contributed by atoms with Crippen LogP contribution in [0.25, 0.3) is 21.5 Å². The van der Waals surface area contributed by atoms with Gasteiger partial charge in [-0.15, -0.1) is 0 Å². The van der Waals surface area contributed by atoms with E-state index in [4.69, 9.17) is 0 Å². The summed E-state index contributed by atoms with van der Waals surface area (Å²) in [6.45, 7) is 1.25. The lowest BCUT2D eigenvalue weighted by Gasteiger charge is -2.20. The molecule has 0 saturated heterocycles. The van der Waals surface area contributed by atoms with Crippen LogP contribution >= 0.6 is 7.14 Å². The van der Waals surface area contributed by atoms with Gasteiger partial charge in [-0.2, -0.15) is 0 Å². The maximum absolute atomic E-state index is 14.8. The molecule has 0 atom stereocenters. The van der Waals surface area contributed by atoms with E-state index in [-0.39, 0.29) is 5.91 Å². The van der Waals surface area contributed by atoms with Crippen molar-refractivity contribution in [3.63, 3.8) is 0 Å². The second-order valence-corrected chi connectivity index (χ2v) is 15.0. The molecule has 0 spiro atoms. The van der Waals surface area contributed by atoms with Gasteiger partial charge in [-0.3, -0.25) is 4.79 Å². The van der Waals surface area contributed by atoms with Crippen molar-refractivity contribution in [1.29, 1.82) is 0 Å².